The topological polar surface area (TPSA) is 24.5 Å². The summed E-state index contributed by atoms with van der Waals surface area (Å²) >= 11 is 0. The molecule has 2 fully saturated rings. The molecule has 0 saturated carbocycles. The van der Waals surface area contributed by atoms with E-state index >= 15 is 0 Å². The van der Waals surface area contributed by atoms with Crippen LogP contribution in [-0.4, -0.2) is 37.7 Å². The van der Waals surface area contributed by atoms with Gasteiger partial charge >= 0.3 is 0 Å². The number of rotatable bonds is 1. The van der Waals surface area contributed by atoms with Crippen LogP contribution in [0, 0.1) is 5.92 Å². The molecular weight excluding hydrogens is 248 g/mol. The maximum atomic E-state index is 5.38. The molecule has 3 aliphatic heterocycles. The van der Waals surface area contributed by atoms with E-state index in [9.17, 15) is 0 Å². The van der Waals surface area contributed by atoms with Crippen molar-refractivity contribution in [3.05, 3.63) is 29.3 Å². The van der Waals surface area contributed by atoms with Crippen molar-refractivity contribution in [2.45, 2.75) is 37.8 Å². The van der Waals surface area contributed by atoms with Crippen LogP contribution < -0.4 is 10.1 Å². The lowest BCUT2D eigenvalue weighted by molar-refractivity contribution is 0.0551. The van der Waals surface area contributed by atoms with Crippen LogP contribution in [0.25, 0.3) is 0 Å². The molecule has 0 radical (unpaired) electrons. The van der Waals surface area contributed by atoms with Gasteiger partial charge in [-0.1, -0.05) is 6.07 Å². The Labute approximate surface area is 121 Å². The summed E-state index contributed by atoms with van der Waals surface area (Å²) in [6, 6.07) is 8.03. The number of nitrogens with one attached hydrogen (secondary N) is 1. The lowest BCUT2D eigenvalue weighted by atomic mass is 9.77. The average molecular weight is 272 g/mol. The van der Waals surface area contributed by atoms with Gasteiger partial charge in [-0.25, -0.2) is 0 Å². The van der Waals surface area contributed by atoms with E-state index in [0.29, 0.717) is 6.04 Å². The number of hydrogen-bond acceptors (Lipinski definition) is 3. The van der Waals surface area contributed by atoms with Crippen LogP contribution >= 0.6 is 0 Å². The highest BCUT2D eigenvalue weighted by Crippen LogP contribution is 2.41. The van der Waals surface area contributed by atoms with E-state index in [4.69, 9.17) is 4.74 Å². The Kier molecular flexibility index (Phi) is 3.20. The minimum atomic E-state index is 0.622. The first kappa shape index (κ1) is 12.7. The normalized spacial score (nSPS) is 33.0. The molecule has 2 saturated heterocycles. The second-order valence-corrected chi connectivity index (χ2v) is 6.52. The van der Waals surface area contributed by atoms with Crippen molar-refractivity contribution in [3.8, 4) is 5.75 Å². The molecule has 1 aromatic carbocycles. The Morgan fingerprint density at radius 1 is 1.35 bits per heavy atom. The fourth-order valence-electron chi connectivity index (χ4n) is 4.42. The van der Waals surface area contributed by atoms with Crippen molar-refractivity contribution in [2.75, 3.05) is 26.7 Å². The fourth-order valence-corrected chi connectivity index (χ4v) is 4.42. The monoisotopic (exact) mass is 272 g/mol. The van der Waals surface area contributed by atoms with Crippen LogP contribution in [0.5, 0.6) is 5.75 Å². The molecule has 1 aromatic rings. The summed E-state index contributed by atoms with van der Waals surface area (Å²) in [5.41, 5.74) is 3.04. The van der Waals surface area contributed by atoms with Gasteiger partial charge in [-0.3, -0.25) is 4.90 Å². The summed E-state index contributed by atoms with van der Waals surface area (Å²) in [5.74, 6) is 1.88. The number of piperidine rings is 2. The number of ether oxygens (including phenoxy) is 1. The van der Waals surface area contributed by atoms with E-state index in [-0.39, 0.29) is 0 Å². The highest BCUT2D eigenvalue weighted by Gasteiger charge is 2.39. The van der Waals surface area contributed by atoms with Crippen molar-refractivity contribution >= 4 is 0 Å². The molecule has 0 bridgehead atoms. The maximum Gasteiger partial charge on any atom is 0.119 e. The molecule has 3 heterocycles. The van der Waals surface area contributed by atoms with Crippen molar-refractivity contribution < 1.29 is 4.74 Å². The molecule has 4 rings (SSSR count). The molecule has 108 valence electrons. The van der Waals surface area contributed by atoms with Gasteiger partial charge in [0.25, 0.3) is 0 Å². The first-order chi connectivity index (χ1) is 9.85. The van der Waals surface area contributed by atoms with E-state index in [0.717, 1.165) is 17.7 Å². The first-order valence-corrected chi connectivity index (χ1v) is 7.99. The Hall–Kier alpha value is -1.06. The van der Waals surface area contributed by atoms with E-state index in [1.807, 2.05) is 0 Å². The van der Waals surface area contributed by atoms with Gasteiger partial charge in [0.15, 0.2) is 0 Å². The summed E-state index contributed by atoms with van der Waals surface area (Å²) in [4.78, 5) is 2.73. The van der Waals surface area contributed by atoms with Gasteiger partial charge in [0.05, 0.1) is 7.11 Å². The van der Waals surface area contributed by atoms with Gasteiger partial charge < -0.3 is 10.1 Å². The van der Waals surface area contributed by atoms with Crippen LogP contribution in [0.1, 0.15) is 36.4 Å². The lowest BCUT2D eigenvalue weighted by Gasteiger charge is -2.49. The Bertz CT molecular complexity index is 502. The molecule has 3 atom stereocenters. The molecule has 3 heteroatoms. The standard InChI is InChI=1S/C17H24N2O/c1-20-14-4-5-15-12(9-14)6-8-19-11-13-3-2-7-18-16(13)10-17(15)19/h4-5,9,13,16-18H,2-3,6-8,10-11H2,1H3/t13-,16+,17+/m0/s1. The van der Waals surface area contributed by atoms with Crippen LogP contribution in [0.3, 0.4) is 0 Å². The van der Waals surface area contributed by atoms with E-state index in [1.54, 1.807) is 12.7 Å². The van der Waals surface area contributed by atoms with E-state index in [2.05, 4.69) is 28.4 Å². The molecule has 20 heavy (non-hydrogen) atoms. The second kappa shape index (κ2) is 5.05. The maximum absolute atomic E-state index is 5.38. The summed E-state index contributed by atoms with van der Waals surface area (Å²) in [6.07, 6.45) is 5.22. The third kappa shape index (κ3) is 2.04. The van der Waals surface area contributed by atoms with Crippen LogP contribution in [0.4, 0.5) is 0 Å². The highest BCUT2D eigenvalue weighted by molar-refractivity contribution is 5.39. The SMILES string of the molecule is COc1ccc2c(c1)CCN1C[C@@H]3CCCN[C@@H]3C[C@H]21. The quantitative estimate of drug-likeness (QED) is 0.849. The highest BCUT2D eigenvalue weighted by atomic mass is 16.5. The minimum Gasteiger partial charge on any atom is -0.497 e. The fraction of sp³-hybridized carbons (Fsp3) is 0.647. The predicted octanol–water partition coefficient (Wildman–Crippen LogP) is 2.37. The van der Waals surface area contributed by atoms with E-state index < -0.39 is 0 Å². The minimum absolute atomic E-state index is 0.622. The average Bonchev–Trinajstić information content (AvgIpc) is 2.52. The Balaban J connectivity index is 1.63. The third-order valence-electron chi connectivity index (χ3n) is 5.49. The van der Waals surface area contributed by atoms with E-state index in [1.165, 1.54) is 50.9 Å². The molecule has 0 spiro atoms. The third-order valence-corrected chi connectivity index (χ3v) is 5.49. The summed E-state index contributed by atoms with van der Waals surface area (Å²) in [7, 11) is 1.76. The van der Waals surface area contributed by atoms with Crippen molar-refractivity contribution in [1.82, 2.24) is 10.2 Å². The molecule has 3 nitrogen and oxygen atoms in total. The Morgan fingerprint density at radius 2 is 2.30 bits per heavy atom. The van der Waals surface area contributed by atoms with Crippen LogP contribution in [-0.2, 0) is 6.42 Å². The zero-order valence-corrected chi connectivity index (χ0v) is 12.3. The van der Waals surface area contributed by atoms with Gasteiger partial charge in [0, 0.05) is 25.2 Å². The number of benzene rings is 1. The summed E-state index contributed by atoms with van der Waals surface area (Å²) in [6.45, 7) is 3.71. The van der Waals surface area contributed by atoms with Crippen molar-refractivity contribution in [2.24, 2.45) is 5.92 Å². The summed E-state index contributed by atoms with van der Waals surface area (Å²) in [5, 5.41) is 3.76. The van der Waals surface area contributed by atoms with Gasteiger partial charge in [0.2, 0.25) is 0 Å². The molecule has 0 aromatic heterocycles. The van der Waals surface area contributed by atoms with Crippen LogP contribution in [0.15, 0.2) is 18.2 Å². The zero-order valence-electron chi connectivity index (χ0n) is 12.3. The molecular formula is C17H24N2O. The van der Waals surface area contributed by atoms with Gasteiger partial charge in [-0.15, -0.1) is 0 Å². The lowest BCUT2D eigenvalue weighted by Crippen LogP contribution is -2.54. The number of hydrogen-bond donors (Lipinski definition) is 1. The molecule has 1 N–H and O–H groups in total. The summed E-state index contributed by atoms with van der Waals surface area (Å²) < 4.78 is 5.38. The van der Waals surface area contributed by atoms with Gasteiger partial charge in [-0.05, 0) is 61.4 Å². The largest absolute Gasteiger partial charge is 0.497 e. The molecule has 0 unspecified atom stereocenters. The predicted molar refractivity (Wildman–Crippen MR) is 80.1 cm³/mol. The second-order valence-electron chi connectivity index (χ2n) is 6.52. The molecule has 0 amide bonds. The van der Waals surface area contributed by atoms with Crippen molar-refractivity contribution in [1.29, 1.82) is 0 Å². The smallest absolute Gasteiger partial charge is 0.119 e. The van der Waals surface area contributed by atoms with Gasteiger partial charge in [-0.2, -0.15) is 0 Å². The first-order valence-electron chi connectivity index (χ1n) is 7.99. The van der Waals surface area contributed by atoms with Gasteiger partial charge in [0.1, 0.15) is 5.75 Å². The Morgan fingerprint density at radius 3 is 3.20 bits per heavy atom. The number of fused-ring (bicyclic) bond motifs is 4. The molecule has 0 aliphatic carbocycles. The van der Waals surface area contributed by atoms with Crippen LogP contribution in [0.2, 0.25) is 0 Å². The number of methoxy groups -OCH3 is 1. The zero-order chi connectivity index (χ0) is 13.5. The van der Waals surface area contributed by atoms with Crippen molar-refractivity contribution in [3.63, 3.8) is 0 Å². The molecule has 3 aliphatic rings. The number of nitrogens with zero attached hydrogens (tertiary/aromatic N) is 1.